The average Bonchev–Trinajstić information content (AvgIpc) is 3.79. The summed E-state index contributed by atoms with van der Waals surface area (Å²) in [6.07, 6.45) is 0. The summed E-state index contributed by atoms with van der Waals surface area (Å²) in [7, 11) is 0. The molecule has 10 rings (SSSR count). The zero-order valence-corrected chi connectivity index (χ0v) is 27.4. The molecule has 0 amide bonds. The molecule has 0 aliphatic carbocycles. The molecule has 0 spiro atoms. The average molecular weight is 711 g/mol. The Bertz CT molecular complexity index is 2360. The van der Waals surface area contributed by atoms with E-state index in [4.69, 9.17) is 0 Å². The number of rotatable bonds is 2. The van der Waals surface area contributed by atoms with Gasteiger partial charge in [-0.25, -0.2) is 0 Å². The number of fused-ring (bicyclic) bond motifs is 9. The summed E-state index contributed by atoms with van der Waals surface area (Å²) < 4.78 is 14.6. The van der Waals surface area contributed by atoms with Crippen LogP contribution in [0, 0.1) is 0 Å². The zero-order valence-electron chi connectivity index (χ0n) is 20.7. The Morgan fingerprint density at radius 3 is 1.35 bits per heavy atom. The quantitative estimate of drug-likeness (QED) is 0.157. The van der Waals surface area contributed by atoms with Gasteiger partial charge in [0.05, 0.1) is 0 Å². The van der Waals surface area contributed by atoms with Gasteiger partial charge < -0.3 is 0 Å². The maximum absolute atomic E-state index is 2.46. The van der Waals surface area contributed by atoms with Gasteiger partial charge in [-0.1, -0.05) is 0 Å². The van der Waals surface area contributed by atoms with Crippen LogP contribution in [0.1, 0.15) is 0 Å². The summed E-state index contributed by atoms with van der Waals surface area (Å²) in [5, 5.41) is 8.42. The maximum atomic E-state index is 2.46. The fourth-order valence-corrected chi connectivity index (χ4v) is 15.6. The number of hydrogen-bond donors (Lipinski definition) is 0. The van der Waals surface area contributed by atoms with E-state index in [9.17, 15) is 0 Å². The Balaban J connectivity index is 1.11. The molecule has 0 saturated heterocycles. The van der Waals surface area contributed by atoms with E-state index in [-0.39, 0.29) is 0 Å². The van der Waals surface area contributed by atoms with Gasteiger partial charge in [-0.2, -0.15) is 0 Å². The second-order valence-electron chi connectivity index (χ2n) is 10.2. The Hall–Kier alpha value is -2.50. The molecule has 188 valence electrons. The van der Waals surface area contributed by atoms with Gasteiger partial charge in [-0.05, 0) is 0 Å². The van der Waals surface area contributed by atoms with Crippen molar-refractivity contribution in [3.8, 4) is 18.6 Å². The van der Waals surface area contributed by atoms with Crippen molar-refractivity contribution in [2.45, 2.75) is 0 Å². The van der Waals surface area contributed by atoms with Gasteiger partial charge in [0.15, 0.2) is 0 Å². The second-order valence-corrected chi connectivity index (χ2v) is 19.0. The van der Waals surface area contributed by atoms with Crippen LogP contribution in [0.4, 0.5) is 0 Å². The van der Waals surface area contributed by atoms with Gasteiger partial charge in [0.1, 0.15) is 0 Å². The van der Waals surface area contributed by atoms with Crippen LogP contribution in [0.15, 0.2) is 97.1 Å². The van der Waals surface area contributed by atoms with Crippen molar-refractivity contribution in [2.24, 2.45) is 0 Å². The second kappa shape index (κ2) is 8.51. The van der Waals surface area contributed by atoms with Crippen LogP contribution in [0.5, 0.6) is 0 Å². The first-order valence-electron chi connectivity index (χ1n) is 13.0. The van der Waals surface area contributed by atoms with Crippen LogP contribution in [-0.2, 0) is 0 Å². The Labute approximate surface area is 256 Å². The van der Waals surface area contributed by atoms with Crippen LogP contribution >= 0.6 is 45.3 Å². The van der Waals surface area contributed by atoms with Gasteiger partial charge in [0.25, 0.3) is 0 Å². The monoisotopic (exact) mass is 712 g/mol. The molecule has 0 radical (unpaired) electrons. The van der Waals surface area contributed by atoms with E-state index in [0.29, 0.717) is 29.0 Å². The molecule has 40 heavy (non-hydrogen) atoms. The van der Waals surface area contributed by atoms with Gasteiger partial charge in [0.2, 0.25) is 0 Å². The minimum atomic E-state index is 0.402. The number of hydrogen-bond acceptors (Lipinski definition) is 4. The molecule has 0 saturated carbocycles. The molecule has 10 aromatic rings. The molecular weight excluding hydrogens is 695 g/mol. The van der Waals surface area contributed by atoms with Crippen molar-refractivity contribution in [1.82, 2.24) is 0 Å². The van der Waals surface area contributed by atoms with Crippen molar-refractivity contribution < 1.29 is 0 Å². The number of thiophene rings is 4. The molecule has 0 atom stereocenters. The molecule has 6 aromatic heterocycles. The SMILES string of the molecule is c1ccc2[se]c(-c3cc4cc5c(cc4s3)sc3c4cc6cc(-c7cc8ccccc8[se]7)sc6cc4sc53)cc2c1. The Kier molecular flexibility index (Phi) is 4.92. The molecule has 0 unspecified atom stereocenters. The third-order valence-electron chi connectivity index (χ3n) is 7.69. The molecule has 6 heteroatoms. The van der Waals surface area contributed by atoms with E-state index in [1.165, 1.54) is 87.7 Å². The van der Waals surface area contributed by atoms with Gasteiger partial charge in [-0.3, -0.25) is 0 Å². The first-order chi connectivity index (χ1) is 19.7. The van der Waals surface area contributed by atoms with Crippen molar-refractivity contribution in [3.63, 3.8) is 0 Å². The zero-order chi connectivity index (χ0) is 25.9. The van der Waals surface area contributed by atoms with Crippen molar-refractivity contribution in [3.05, 3.63) is 97.1 Å². The molecule has 0 fully saturated rings. The van der Waals surface area contributed by atoms with Crippen molar-refractivity contribution in [1.29, 1.82) is 0 Å². The van der Waals surface area contributed by atoms with Crippen LogP contribution in [0.3, 0.4) is 0 Å². The standard InChI is InChI=1S/C34H16S4Se2/c1-3-7-29-17(5-1)13-31(39-29)27-11-19-9-21-25(15-23(19)35-27)37-34-22-10-20-12-28(36-24(20)16-26(22)38-33(21)34)32-14-18-6-2-4-8-30(18)40-32/h1-16H. The molecule has 0 aliphatic rings. The first-order valence-corrected chi connectivity index (χ1v) is 19.7. The van der Waals surface area contributed by atoms with E-state index >= 15 is 0 Å². The predicted molar refractivity (Wildman–Crippen MR) is 185 cm³/mol. The van der Waals surface area contributed by atoms with Gasteiger partial charge in [-0.15, -0.1) is 0 Å². The van der Waals surface area contributed by atoms with Gasteiger partial charge in [0, 0.05) is 0 Å². The van der Waals surface area contributed by atoms with Crippen LogP contribution in [0.2, 0.25) is 0 Å². The van der Waals surface area contributed by atoms with Crippen molar-refractivity contribution in [2.75, 3.05) is 0 Å². The van der Waals surface area contributed by atoms with Crippen LogP contribution < -0.4 is 0 Å². The van der Waals surface area contributed by atoms with E-state index < -0.39 is 0 Å². The minimum absolute atomic E-state index is 0.402. The van der Waals surface area contributed by atoms with E-state index in [2.05, 4.69) is 97.1 Å². The normalized spacial score (nSPS) is 12.5. The summed E-state index contributed by atoms with van der Waals surface area (Å²) in [5.41, 5.74) is 0. The molecule has 6 heterocycles. The van der Waals surface area contributed by atoms with Crippen molar-refractivity contribution >= 4 is 143 Å². The third-order valence-corrected chi connectivity index (χ3v) is 17.9. The van der Waals surface area contributed by atoms with E-state index in [0.717, 1.165) is 0 Å². The van der Waals surface area contributed by atoms with E-state index in [1.54, 1.807) is 0 Å². The molecule has 0 bridgehead atoms. The summed E-state index contributed by atoms with van der Waals surface area (Å²) in [4.78, 5) is 2.88. The molecule has 0 nitrogen and oxygen atoms in total. The molecule has 0 aliphatic heterocycles. The fourth-order valence-electron chi connectivity index (χ4n) is 5.78. The molecule has 0 N–H and O–H groups in total. The first kappa shape index (κ1) is 23.1. The third kappa shape index (κ3) is 3.40. The summed E-state index contributed by atoms with van der Waals surface area (Å²) in [5.74, 6) is 0. The van der Waals surface area contributed by atoms with Crippen LogP contribution in [0.25, 0.3) is 87.7 Å². The summed E-state index contributed by atoms with van der Waals surface area (Å²) in [6.45, 7) is 0. The molecular formula is C34H16S4Se2. The number of benzene rings is 4. The summed E-state index contributed by atoms with van der Waals surface area (Å²) >= 11 is 8.69. The van der Waals surface area contributed by atoms with E-state index in [1.807, 2.05) is 45.3 Å². The summed E-state index contributed by atoms with van der Waals surface area (Å²) in [6, 6.07) is 37.2. The van der Waals surface area contributed by atoms with Crippen LogP contribution in [-0.4, -0.2) is 29.0 Å². The Morgan fingerprint density at radius 1 is 0.400 bits per heavy atom. The molecule has 4 aromatic carbocycles. The van der Waals surface area contributed by atoms with Gasteiger partial charge >= 0.3 is 259 Å². The topological polar surface area (TPSA) is 0 Å². The fraction of sp³-hybridized carbons (Fsp3) is 0. The predicted octanol–water partition coefficient (Wildman–Crippen LogP) is 11.5. The Morgan fingerprint density at radius 2 is 0.875 bits per heavy atom.